The van der Waals surface area contributed by atoms with Crippen molar-refractivity contribution < 1.29 is 25.5 Å². The summed E-state index contributed by atoms with van der Waals surface area (Å²) < 4.78 is 0. The highest BCUT2D eigenvalue weighted by atomic mass is 16.7. The van der Waals surface area contributed by atoms with Gasteiger partial charge in [-0.05, 0) is 18.9 Å². The molecule has 0 aliphatic rings. The van der Waals surface area contributed by atoms with Crippen molar-refractivity contribution in [2.24, 2.45) is 0 Å². The highest BCUT2D eigenvalue weighted by molar-refractivity contribution is 5.04. The van der Waals surface area contributed by atoms with Crippen molar-refractivity contribution in [2.45, 2.75) is 31.8 Å². The normalized spacial score (nSPS) is 16.0. The van der Waals surface area contributed by atoms with Gasteiger partial charge in [0, 0.05) is 6.42 Å². The molecule has 0 aromatic carbocycles. The third-order valence-corrected chi connectivity index (χ3v) is 1.69. The second-order valence-corrected chi connectivity index (χ2v) is 2.96. The maximum atomic E-state index is 9.30. The van der Waals surface area contributed by atoms with Crippen LogP contribution in [0.15, 0.2) is 11.6 Å². The van der Waals surface area contributed by atoms with Crippen LogP contribution in [-0.4, -0.2) is 44.2 Å². The lowest BCUT2D eigenvalue weighted by Gasteiger charge is -2.16. The monoisotopic (exact) mass is 192 g/mol. The van der Waals surface area contributed by atoms with E-state index >= 15 is 0 Å². The summed E-state index contributed by atoms with van der Waals surface area (Å²) in [4.78, 5) is 0. The average molecular weight is 192 g/mol. The van der Waals surface area contributed by atoms with Crippen molar-refractivity contribution in [2.75, 3.05) is 6.61 Å². The van der Waals surface area contributed by atoms with Gasteiger partial charge in [0.1, 0.15) is 0 Å². The van der Waals surface area contributed by atoms with Crippen LogP contribution in [-0.2, 0) is 0 Å². The predicted octanol–water partition coefficient (Wildman–Crippen LogP) is -1.30. The SMILES string of the molecule is CC(=CCO)C(O)CCC(O)(O)O. The number of aliphatic hydroxyl groups is 5. The molecule has 0 fully saturated rings. The maximum absolute atomic E-state index is 9.30. The number of hydrogen-bond acceptors (Lipinski definition) is 5. The van der Waals surface area contributed by atoms with Gasteiger partial charge in [-0.25, -0.2) is 0 Å². The van der Waals surface area contributed by atoms with E-state index in [0.29, 0.717) is 5.57 Å². The molecule has 0 aromatic heterocycles. The van der Waals surface area contributed by atoms with E-state index in [1.165, 1.54) is 6.08 Å². The van der Waals surface area contributed by atoms with Crippen LogP contribution in [0, 0.1) is 0 Å². The Hall–Kier alpha value is -0.460. The van der Waals surface area contributed by atoms with Gasteiger partial charge < -0.3 is 25.5 Å². The molecule has 0 bridgehead atoms. The minimum absolute atomic E-state index is 0.0197. The van der Waals surface area contributed by atoms with Crippen LogP contribution in [0.2, 0.25) is 0 Å². The van der Waals surface area contributed by atoms with Crippen LogP contribution in [0.1, 0.15) is 19.8 Å². The van der Waals surface area contributed by atoms with Crippen molar-refractivity contribution in [3.05, 3.63) is 11.6 Å². The van der Waals surface area contributed by atoms with Crippen molar-refractivity contribution in [1.29, 1.82) is 0 Å². The summed E-state index contributed by atoms with van der Waals surface area (Å²) in [6.07, 6.45) is 0.215. The van der Waals surface area contributed by atoms with Gasteiger partial charge >= 0.3 is 0 Å². The smallest absolute Gasteiger partial charge is 0.275 e. The molecule has 5 nitrogen and oxygen atoms in total. The van der Waals surface area contributed by atoms with Crippen LogP contribution in [0.4, 0.5) is 0 Å². The first-order valence-electron chi connectivity index (χ1n) is 3.99. The molecule has 0 radical (unpaired) electrons. The fourth-order valence-electron chi connectivity index (χ4n) is 0.838. The Morgan fingerprint density at radius 1 is 1.38 bits per heavy atom. The summed E-state index contributed by atoms with van der Waals surface area (Å²) in [6.45, 7) is 1.43. The summed E-state index contributed by atoms with van der Waals surface area (Å²) in [5.74, 6) is -2.74. The van der Waals surface area contributed by atoms with Crippen LogP contribution in [0.3, 0.4) is 0 Å². The first-order valence-corrected chi connectivity index (χ1v) is 3.99. The van der Waals surface area contributed by atoms with E-state index in [-0.39, 0.29) is 19.4 Å². The Bertz CT molecular complexity index is 170. The predicted molar refractivity (Wildman–Crippen MR) is 45.5 cm³/mol. The van der Waals surface area contributed by atoms with Crippen LogP contribution in [0.25, 0.3) is 0 Å². The molecule has 78 valence electrons. The van der Waals surface area contributed by atoms with Gasteiger partial charge in [0.15, 0.2) is 0 Å². The highest BCUT2D eigenvalue weighted by Gasteiger charge is 2.20. The quantitative estimate of drug-likeness (QED) is 0.275. The second kappa shape index (κ2) is 5.31. The summed E-state index contributed by atoms with van der Waals surface area (Å²) in [5.41, 5.74) is 0.534. The van der Waals surface area contributed by atoms with Crippen molar-refractivity contribution in [1.82, 2.24) is 0 Å². The van der Waals surface area contributed by atoms with Crippen LogP contribution < -0.4 is 0 Å². The molecule has 0 heterocycles. The third-order valence-electron chi connectivity index (χ3n) is 1.69. The summed E-state index contributed by atoms with van der Waals surface area (Å²) in [7, 11) is 0. The fraction of sp³-hybridized carbons (Fsp3) is 0.750. The van der Waals surface area contributed by atoms with Gasteiger partial charge in [-0.1, -0.05) is 6.08 Å². The van der Waals surface area contributed by atoms with Crippen molar-refractivity contribution >= 4 is 0 Å². The minimum Gasteiger partial charge on any atom is -0.392 e. The molecular formula is C8H16O5. The van der Waals surface area contributed by atoms with Crippen molar-refractivity contribution in [3.8, 4) is 0 Å². The number of aliphatic hydroxyl groups excluding tert-OH is 2. The first-order chi connectivity index (χ1) is 5.87. The molecule has 1 unspecified atom stereocenters. The lowest BCUT2D eigenvalue weighted by atomic mass is 10.1. The largest absolute Gasteiger partial charge is 0.392 e. The molecule has 5 heteroatoms. The van der Waals surface area contributed by atoms with E-state index in [0.717, 1.165) is 0 Å². The van der Waals surface area contributed by atoms with E-state index in [2.05, 4.69) is 0 Å². The third kappa shape index (κ3) is 6.68. The van der Waals surface area contributed by atoms with Gasteiger partial charge in [-0.15, -0.1) is 0 Å². The molecule has 0 aromatic rings. The molecule has 1 atom stereocenters. The molecule has 0 spiro atoms. The van der Waals surface area contributed by atoms with Gasteiger partial charge in [0.25, 0.3) is 5.97 Å². The van der Waals surface area contributed by atoms with Gasteiger partial charge in [0.2, 0.25) is 0 Å². The minimum atomic E-state index is -2.74. The molecule has 0 aliphatic carbocycles. The molecule has 0 saturated heterocycles. The molecule has 0 rings (SSSR count). The lowest BCUT2D eigenvalue weighted by molar-refractivity contribution is -0.316. The highest BCUT2D eigenvalue weighted by Crippen LogP contribution is 2.12. The Labute approximate surface area is 76.6 Å². The first kappa shape index (κ1) is 12.5. The van der Waals surface area contributed by atoms with E-state index in [1.807, 2.05) is 0 Å². The zero-order valence-corrected chi connectivity index (χ0v) is 7.51. The van der Waals surface area contributed by atoms with Gasteiger partial charge in [-0.2, -0.15) is 0 Å². The zero-order chi connectivity index (χ0) is 10.5. The van der Waals surface area contributed by atoms with E-state index in [9.17, 15) is 5.11 Å². The summed E-state index contributed by atoms with van der Waals surface area (Å²) in [5, 5.41) is 43.3. The molecule has 13 heavy (non-hydrogen) atoms. The van der Waals surface area contributed by atoms with Crippen molar-refractivity contribution in [3.63, 3.8) is 0 Å². The summed E-state index contributed by atoms with van der Waals surface area (Å²) >= 11 is 0. The van der Waals surface area contributed by atoms with E-state index in [1.54, 1.807) is 6.92 Å². The molecular weight excluding hydrogens is 176 g/mol. The molecule has 0 aliphatic heterocycles. The van der Waals surface area contributed by atoms with E-state index < -0.39 is 12.1 Å². The zero-order valence-electron chi connectivity index (χ0n) is 7.51. The fourth-order valence-corrected chi connectivity index (χ4v) is 0.838. The Morgan fingerprint density at radius 3 is 2.31 bits per heavy atom. The van der Waals surface area contributed by atoms with Gasteiger partial charge in [-0.3, -0.25) is 0 Å². The Morgan fingerprint density at radius 2 is 1.92 bits per heavy atom. The van der Waals surface area contributed by atoms with Gasteiger partial charge in [0.05, 0.1) is 12.7 Å². The Kier molecular flexibility index (Phi) is 5.12. The number of hydrogen-bond donors (Lipinski definition) is 5. The lowest BCUT2D eigenvalue weighted by Crippen LogP contribution is -2.28. The van der Waals surface area contributed by atoms with E-state index in [4.69, 9.17) is 20.4 Å². The molecule has 5 N–H and O–H groups in total. The topological polar surface area (TPSA) is 101 Å². The second-order valence-electron chi connectivity index (χ2n) is 2.96. The van der Waals surface area contributed by atoms with Crippen LogP contribution in [0.5, 0.6) is 0 Å². The average Bonchev–Trinajstić information content (AvgIpc) is 1.99. The standard InChI is InChI=1S/C8H16O5/c1-6(3-5-9)7(10)2-4-8(11,12)13/h3,7,9-13H,2,4-5H2,1H3. The maximum Gasteiger partial charge on any atom is 0.275 e. The summed E-state index contributed by atoms with van der Waals surface area (Å²) in [6, 6.07) is 0. The van der Waals surface area contributed by atoms with Crippen LogP contribution >= 0.6 is 0 Å². The molecule has 0 amide bonds. The molecule has 0 saturated carbocycles. The Balaban J connectivity index is 3.88. The number of rotatable bonds is 5.